The van der Waals surface area contributed by atoms with Crippen LogP contribution in [0.4, 0.5) is 11.4 Å². The van der Waals surface area contributed by atoms with Crippen LogP contribution < -0.4 is 10.2 Å². The number of para-hydroxylation sites is 1. The third-order valence-electron chi connectivity index (χ3n) is 5.20. The van der Waals surface area contributed by atoms with Crippen molar-refractivity contribution < 1.29 is 9.59 Å². The number of carbonyl (C=O) groups is 2. The highest BCUT2D eigenvalue weighted by Crippen LogP contribution is 2.25. The molecular formula is C22H26Cl2N4O2. The Hall–Kier alpha value is -2.28. The van der Waals surface area contributed by atoms with E-state index in [2.05, 4.69) is 22.0 Å². The molecule has 1 N–H and O–H groups in total. The highest BCUT2D eigenvalue weighted by molar-refractivity contribution is 6.33. The van der Waals surface area contributed by atoms with Crippen LogP contribution in [0.25, 0.3) is 0 Å². The van der Waals surface area contributed by atoms with E-state index in [4.69, 9.17) is 23.2 Å². The fourth-order valence-electron chi connectivity index (χ4n) is 3.44. The Balaban J connectivity index is 1.46. The van der Waals surface area contributed by atoms with Crippen LogP contribution in [-0.2, 0) is 9.59 Å². The summed E-state index contributed by atoms with van der Waals surface area (Å²) < 4.78 is 0. The standard InChI is InChI=1S/C22H26Cl2N4O2/c1-16-7-8-17(23)13-20(16)28-11-9-27(10-12-28)15-22(30)26(2)14-21(29)25-19-6-4-3-5-18(19)24/h3-8,13H,9-12,14-15H2,1-2H3,(H,25,29). The van der Waals surface area contributed by atoms with E-state index in [-0.39, 0.29) is 24.9 Å². The number of hydrogen-bond acceptors (Lipinski definition) is 4. The summed E-state index contributed by atoms with van der Waals surface area (Å²) in [6, 6.07) is 12.9. The zero-order valence-corrected chi connectivity index (χ0v) is 18.7. The predicted octanol–water partition coefficient (Wildman–Crippen LogP) is 3.52. The Morgan fingerprint density at radius 3 is 2.47 bits per heavy atom. The number of benzene rings is 2. The number of amides is 2. The van der Waals surface area contributed by atoms with Crippen LogP contribution in [-0.4, -0.2) is 67.9 Å². The molecule has 6 nitrogen and oxygen atoms in total. The maximum absolute atomic E-state index is 12.6. The molecule has 0 saturated carbocycles. The van der Waals surface area contributed by atoms with E-state index in [1.54, 1.807) is 31.3 Å². The van der Waals surface area contributed by atoms with Crippen molar-refractivity contribution in [2.75, 3.05) is 56.5 Å². The lowest BCUT2D eigenvalue weighted by Crippen LogP contribution is -2.50. The van der Waals surface area contributed by atoms with Gasteiger partial charge in [-0.25, -0.2) is 0 Å². The zero-order chi connectivity index (χ0) is 21.7. The number of piperazine rings is 1. The molecule has 0 bridgehead atoms. The molecule has 0 aromatic heterocycles. The highest BCUT2D eigenvalue weighted by Gasteiger charge is 2.22. The van der Waals surface area contributed by atoms with Crippen molar-refractivity contribution in [3.8, 4) is 0 Å². The minimum Gasteiger partial charge on any atom is -0.369 e. The first-order valence-electron chi connectivity index (χ1n) is 9.85. The number of nitrogens with one attached hydrogen (secondary N) is 1. The first-order chi connectivity index (χ1) is 14.3. The largest absolute Gasteiger partial charge is 0.369 e. The summed E-state index contributed by atoms with van der Waals surface area (Å²) in [6.45, 7) is 5.54. The monoisotopic (exact) mass is 448 g/mol. The van der Waals surface area contributed by atoms with E-state index in [9.17, 15) is 9.59 Å². The van der Waals surface area contributed by atoms with Crippen LogP contribution in [0.15, 0.2) is 42.5 Å². The van der Waals surface area contributed by atoms with E-state index in [0.29, 0.717) is 10.7 Å². The first-order valence-corrected chi connectivity index (χ1v) is 10.6. The molecule has 3 rings (SSSR count). The molecule has 1 heterocycles. The molecule has 1 aliphatic heterocycles. The number of carbonyl (C=O) groups excluding carboxylic acids is 2. The van der Waals surface area contributed by atoms with Gasteiger partial charge < -0.3 is 15.1 Å². The molecule has 0 spiro atoms. The molecule has 0 unspecified atom stereocenters. The number of aryl methyl sites for hydroxylation is 1. The molecule has 2 aromatic rings. The highest BCUT2D eigenvalue weighted by atomic mass is 35.5. The molecule has 8 heteroatoms. The van der Waals surface area contributed by atoms with Gasteiger partial charge in [-0.2, -0.15) is 0 Å². The minimum atomic E-state index is -0.278. The van der Waals surface area contributed by atoms with Gasteiger partial charge in [0.05, 0.1) is 23.8 Å². The normalized spacial score (nSPS) is 14.5. The third-order valence-corrected chi connectivity index (χ3v) is 5.76. The Morgan fingerprint density at radius 2 is 1.77 bits per heavy atom. The van der Waals surface area contributed by atoms with E-state index >= 15 is 0 Å². The van der Waals surface area contributed by atoms with Gasteiger partial charge in [-0.1, -0.05) is 41.4 Å². The van der Waals surface area contributed by atoms with Gasteiger partial charge in [0.2, 0.25) is 11.8 Å². The molecular weight excluding hydrogens is 423 g/mol. The van der Waals surface area contributed by atoms with Crippen LogP contribution in [0, 0.1) is 6.92 Å². The second-order valence-electron chi connectivity index (χ2n) is 7.47. The third kappa shape index (κ3) is 5.88. The van der Waals surface area contributed by atoms with Crippen LogP contribution in [0.1, 0.15) is 5.56 Å². The second kappa shape index (κ2) is 10.2. The average molecular weight is 449 g/mol. The SMILES string of the molecule is Cc1ccc(Cl)cc1N1CCN(CC(=O)N(C)CC(=O)Nc2ccccc2Cl)CC1. The van der Waals surface area contributed by atoms with Gasteiger partial charge in [-0.15, -0.1) is 0 Å². The van der Waals surface area contributed by atoms with Gasteiger partial charge in [0.25, 0.3) is 0 Å². The van der Waals surface area contributed by atoms with Crippen molar-refractivity contribution in [3.63, 3.8) is 0 Å². The molecule has 1 saturated heterocycles. The molecule has 0 aliphatic carbocycles. The summed E-state index contributed by atoms with van der Waals surface area (Å²) in [4.78, 5) is 30.7. The average Bonchev–Trinajstić information content (AvgIpc) is 2.72. The van der Waals surface area contributed by atoms with Crippen molar-refractivity contribution in [3.05, 3.63) is 58.1 Å². The van der Waals surface area contributed by atoms with Gasteiger partial charge in [-0.05, 0) is 36.8 Å². The maximum atomic E-state index is 12.6. The van der Waals surface area contributed by atoms with Gasteiger partial charge in [-0.3, -0.25) is 14.5 Å². The lowest BCUT2D eigenvalue weighted by Gasteiger charge is -2.37. The van der Waals surface area contributed by atoms with Gasteiger partial charge in [0.1, 0.15) is 0 Å². The van der Waals surface area contributed by atoms with Crippen LogP contribution >= 0.6 is 23.2 Å². The Bertz CT molecular complexity index is 914. The van der Waals surface area contributed by atoms with Gasteiger partial charge >= 0.3 is 0 Å². The summed E-state index contributed by atoms with van der Waals surface area (Å²) in [6.07, 6.45) is 0. The van der Waals surface area contributed by atoms with Crippen molar-refractivity contribution >= 4 is 46.4 Å². The summed E-state index contributed by atoms with van der Waals surface area (Å²) in [5.74, 6) is -0.364. The predicted molar refractivity (Wildman–Crippen MR) is 123 cm³/mol. The number of rotatable bonds is 6. The molecule has 160 valence electrons. The summed E-state index contributed by atoms with van der Waals surface area (Å²) >= 11 is 12.2. The van der Waals surface area contributed by atoms with E-state index in [1.165, 1.54) is 10.5 Å². The fourth-order valence-corrected chi connectivity index (χ4v) is 3.79. The lowest BCUT2D eigenvalue weighted by atomic mass is 10.1. The minimum absolute atomic E-state index is 0.0221. The molecule has 2 aromatic carbocycles. The number of hydrogen-bond donors (Lipinski definition) is 1. The quantitative estimate of drug-likeness (QED) is 0.734. The Kier molecular flexibility index (Phi) is 7.58. The number of nitrogens with zero attached hydrogens (tertiary/aromatic N) is 3. The summed E-state index contributed by atoms with van der Waals surface area (Å²) in [5, 5.41) is 3.93. The second-order valence-corrected chi connectivity index (χ2v) is 8.32. The zero-order valence-electron chi connectivity index (χ0n) is 17.2. The molecule has 2 amide bonds. The van der Waals surface area contributed by atoms with Gasteiger partial charge in [0, 0.05) is 43.9 Å². The van der Waals surface area contributed by atoms with E-state index < -0.39 is 0 Å². The number of likely N-dealkylation sites (N-methyl/N-ethyl adjacent to an activating group) is 1. The first kappa shape index (κ1) is 22.4. The van der Waals surface area contributed by atoms with Gasteiger partial charge in [0.15, 0.2) is 0 Å². The smallest absolute Gasteiger partial charge is 0.244 e. The molecule has 30 heavy (non-hydrogen) atoms. The topological polar surface area (TPSA) is 55.9 Å². The maximum Gasteiger partial charge on any atom is 0.244 e. The Labute approximate surface area is 187 Å². The molecule has 1 fully saturated rings. The Morgan fingerprint density at radius 1 is 1.07 bits per heavy atom. The van der Waals surface area contributed by atoms with Crippen molar-refractivity contribution in [1.29, 1.82) is 0 Å². The van der Waals surface area contributed by atoms with E-state index in [1.807, 2.05) is 18.2 Å². The number of anilines is 2. The van der Waals surface area contributed by atoms with Crippen molar-refractivity contribution in [1.82, 2.24) is 9.80 Å². The van der Waals surface area contributed by atoms with Crippen molar-refractivity contribution in [2.45, 2.75) is 6.92 Å². The summed E-state index contributed by atoms with van der Waals surface area (Å²) in [5.41, 5.74) is 2.87. The summed E-state index contributed by atoms with van der Waals surface area (Å²) in [7, 11) is 1.64. The number of halogens is 2. The van der Waals surface area contributed by atoms with Crippen molar-refractivity contribution in [2.24, 2.45) is 0 Å². The molecule has 0 radical (unpaired) electrons. The fraction of sp³-hybridized carbons (Fsp3) is 0.364. The lowest BCUT2D eigenvalue weighted by molar-refractivity contribution is -0.134. The van der Waals surface area contributed by atoms with Crippen LogP contribution in [0.2, 0.25) is 10.0 Å². The van der Waals surface area contributed by atoms with Crippen LogP contribution in [0.3, 0.4) is 0 Å². The molecule has 0 atom stereocenters. The van der Waals surface area contributed by atoms with E-state index in [0.717, 1.165) is 36.9 Å². The molecule has 1 aliphatic rings. The van der Waals surface area contributed by atoms with Crippen LogP contribution in [0.5, 0.6) is 0 Å².